The molecular formula is C7H4BrCl2NO3. The Morgan fingerprint density at radius 3 is 2.71 bits per heavy atom. The maximum absolute atomic E-state index is 10.6. The van der Waals surface area contributed by atoms with Crippen molar-refractivity contribution in [3.8, 4) is 5.75 Å². The molecule has 0 saturated carbocycles. The number of hydrogen-bond donors (Lipinski definition) is 0. The van der Waals surface area contributed by atoms with E-state index in [1.807, 2.05) is 0 Å². The van der Waals surface area contributed by atoms with Gasteiger partial charge in [-0.15, -0.1) is 0 Å². The number of alkyl halides is 1. The van der Waals surface area contributed by atoms with Crippen LogP contribution in [0.15, 0.2) is 16.6 Å². The molecule has 0 aliphatic carbocycles. The monoisotopic (exact) mass is 299 g/mol. The Labute approximate surface area is 98.0 Å². The first-order valence-electron chi connectivity index (χ1n) is 3.38. The van der Waals surface area contributed by atoms with Crippen molar-refractivity contribution >= 4 is 44.8 Å². The molecule has 0 spiro atoms. The average molecular weight is 301 g/mol. The van der Waals surface area contributed by atoms with Gasteiger partial charge in [0.2, 0.25) is 5.75 Å². The normalized spacial score (nSPS) is 9.93. The summed E-state index contributed by atoms with van der Waals surface area (Å²) in [6, 6.07) is 2.60. The van der Waals surface area contributed by atoms with Gasteiger partial charge in [0.25, 0.3) is 0 Å². The van der Waals surface area contributed by atoms with Crippen LogP contribution >= 0.6 is 39.1 Å². The van der Waals surface area contributed by atoms with Gasteiger partial charge in [0.05, 0.1) is 9.95 Å². The van der Waals surface area contributed by atoms with Crippen molar-refractivity contribution in [3.63, 3.8) is 0 Å². The second-order valence-corrected chi connectivity index (χ2v) is 3.79. The summed E-state index contributed by atoms with van der Waals surface area (Å²) >= 11 is 14.1. The van der Waals surface area contributed by atoms with Crippen LogP contribution in [-0.4, -0.2) is 11.0 Å². The Kier molecular flexibility index (Phi) is 3.97. The van der Waals surface area contributed by atoms with Gasteiger partial charge in [-0.2, -0.15) is 0 Å². The van der Waals surface area contributed by atoms with Gasteiger partial charge in [0.15, 0.2) is 6.07 Å². The smallest absolute Gasteiger partial charge is 0.313 e. The molecule has 4 nitrogen and oxygen atoms in total. The topological polar surface area (TPSA) is 52.4 Å². The molecule has 0 saturated heterocycles. The predicted molar refractivity (Wildman–Crippen MR) is 57.2 cm³/mol. The first-order valence-corrected chi connectivity index (χ1v) is 5.09. The quantitative estimate of drug-likeness (QED) is 0.487. The van der Waals surface area contributed by atoms with Crippen molar-refractivity contribution < 1.29 is 9.66 Å². The van der Waals surface area contributed by atoms with Gasteiger partial charge >= 0.3 is 5.69 Å². The van der Waals surface area contributed by atoms with Gasteiger partial charge in [0.1, 0.15) is 0 Å². The highest BCUT2D eigenvalue weighted by atomic mass is 79.9. The van der Waals surface area contributed by atoms with E-state index in [0.29, 0.717) is 4.47 Å². The molecule has 0 bridgehead atoms. The first-order chi connectivity index (χ1) is 6.56. The molecule has 0 aliphatic rings. The van der Waals surface area contributed by atoms with Crippen molar-refractivity contribution in [1.29, 1.82) is 0 Å². The van der Waals surface area contributed by atoms with E-state index in [1.54, 1.807) is 0 Å². The Hall–Kier alpha value is -0.520. The number of halogens is 3. The lowest BCUT2D eigenvalue weighted by molar-refractivity contribution is -0.385. The van der Waals surface area contributed by atoms with Crippen molar-refractivity contribution in [3.05, 3.63) is 31.7 Å². The van der Waals surface area contributed by atoms with E-state index in [4.69, 9.17) is 27.9 Å². The van der Waals surface area contributed by atoms with Gasteiger partial charge in [-0.25, -0.2) is 0 Å². The summed E-state index contributed by atoms with van der Waals surface area (Å²) in [4.78, 5) is 10.0. The largest absolute Gasteiger partial charge is 0.469 e. The van der Waals surface area contributed by atoms with Crippen molar-refractivity contribution in [2.75, 3.05) is 6.07 Å². The van der Waals surface area contributed by atoms with Gasteiger partial charge in [-0.3, -0.25) is 10.1 Å². The van der Waals surface area contributed by atoms with Crippen molar-refractivity contribution in [1.82, 2.24) is 0 Å². The molecule has 0 atom stereocenters. The van der Waals surface area contributed by atoms with Crippen LogP contribution in [0.1, 0.15) is 0 Å². The Morgan fingerprint density at radius 2 is 2.21 bits per heavy atom. The summed E-state index contributed by atoms with van der Waals surface area (Å²) in [6.45, 7) is 0. The summed E-state index contributed by atoms with van der Waals surface area (Å²) < 4.78 is 5.37. The van der Waals surface area contributed by atoms with Gasteiger partial charge < -0.3 is 4.74 Å². The molecule has 0 aliphatic heterocycles. The summed E-state index contributed by atoms with van der Waals surface area (Å²) in [6.07, 6.45) is 0. The maximum Gasteiger partial charge on any atom is 0.313 e. The second kappa shape index (κ2) is 4.82. The number of ether oxygens (including phenoxy) is 1. The molecule has 1 rings (SSSR count). The zero-order valence-electron chi connectivity index (χ0n) is 6.67. The predicted octanol–water partition coefficient (Wildman–Crippen LogP) is 3.59. The Balaban J connectivity index is 3.28. The van der Waals surface area contributed by atoms with Crippen LogP contribution in [0.5, 0.6) is 5.75 Å². The first kappa shape index (κ1) is 11.6. The Bertz CT molecular complexity index is 372. The van der Waals surface area contributed by atoms with E-state index in [9.17, 15) is 10.1 Å². The molecule has 0 fully saturated rings. The SMILES string of the molecule is O=[N+]([O-])c1cc(Br)cc(Cl)c1OCCl. The minimum absolute atomic E-state index is 0.0186. The standard InChI is InChI=1S/C7H4BrCl2NO3/c8-4-1-5(10)7(14-3-9)6(2-4)11(12)13/h1-2H,3H2. The highest BCUT2D eigenvalue weighted by molar-refractivity contribution is 9.10. The molecule has 7 heteroatoms. The minimum atomic E-state index is -0.585. The van der Waals surface area contributed by atoms with Crippen LogP contribution in [0, 0.1) is 10.1 Å². The fourth-order valence-electron chi connectivity index (χ4n) is 0.880. The lowest BCUT2D eigenvalue weighted by Crippen LogP contribution is -1.97. The van der Waals surface area contributed by atoms with Crippen LogP contribution in [0.2, 0.25) is 5.02 Å². The number of rotatable bonds is 3. The highest BCUT2D eigenvalue weighted by Crippen LogP contribution is 2.37. The maximum atomic E-state index is 10.6. The van der Waals surface area contributed by atoms with Crippen LogP contribution in [0.4, 0.5) is 5.69 Å². The van der Waals surface area contributed by atoms with E-state index in [1.165, 1.54) is 12.1 Å². The van der Waals surface area contributed by atoms with Crippen molar-refractivity contribution in [2.24, 2.45) is 0 Å². The van der Waals surface area contributed by atoms with Gasteiger partial charge in [-0.05, 0) is 6.07 Å². The van der Waals surface area contributed by atoms with Crippen LogP contribution in [0.25, 0.3) is 0 Å². The minimum Gasteiger partial charge on any atom is -0.469 e. The summed E-state index contributed by atoms with van der Waals surface area (Å²) in [5.74, 6) is -0.0186. The molecule has 0 amide bonds. The molecule has 0 heterocycles. The fraction of sp³-hybridized carbons (Fsp3) is 0.143. The number of nitrogens with zero attached hydrogens (tertiary/aromatic N) is 1. The van der Waals surface area contributed by atoms with E-state index in [0.717, 1.165) is 0 Å². The molecule has 0 N–H and O–H groups in total. The van der Waals surface area contributed by atoms with Crippen molar-refractivity contribution in [2.45, 2.75) is 0 Å². The third-order valence-corrected chi connectivity index (χ3v) is 2.23. The number of benzene rings is 1. The number of hydrogen-bond acceptors (Lipinski definition) is 3. The molecule has 1 aromatic rings. The lowest BCUT2D eigenvalue weighted by atomic mass is 10.3. The number of nitro benzene ring substituents is 1. The fourth-order valence-corrected chi connectivity index (χ4v) is 1.84. The summed E-state index contributed by atoms with van der Waals surface area (Å²) in [7, 11) is 0. The van der Waals surface area contributed by atoms with Crippen LogP contribution < -0.4 is 4.74 Å². The number of nitro groups is 1. The molecule has 0 radical (unpaired) electrons. The van der Waals surface area contributed by atoms with Crippen LogP contribution in [-0.2, 0) is 0 Å². The van der Waals surface area contributed by atoms with E-state index >= 15 is 0 Å². The molecular weight excluding hydrogens is 297 g/mol. The van der Waals surface area contributed by atoms with E-state index in [2.05, 4.69) is 15.9 Å². The zero-order chi connectivity index (χ0) is 10.7. The average Bonchev–Trinajstić information content (AvgIpc) is 2.09. The third kappa shape index (κ3) is 2.50. The van der Waals surface area contributed by atoms with E-state index in [-0.39, 0.29) is 22.5 Å². The molecule has 14 heavy (non-hydrogen) atoms. The molecule has 0 unspecified atom stereocenters. The summed E-state index contributed by atoms with van der Waals surface area (Å²) in [5.41, 5.74) is -0.218. The zero-order valence-corrected chi connectivity index (χ0v) is 9.77. The lowest BCUT2D eigenvalue weighted by Gasteiger charge is -2.05. The van der Waals surface area contributed by atoms with Gasteiger partial charge in [0, 0.05) is 10.5 Å². The van der Waals surface area contributed by atoms with E-state index < -0.39 is 4.92 Å². The van der Waals surface area contributed by atoms with Crippen LogP contribution in [0.3, 0.4) is 0 Å². The third-order valence-electron chi connectivity index (χ3n) is 1.38. The second-order valence-electron chi connectivity index (χ2n) is 2.25. The molecule has 1 aromatic carbocycles. The van der Waals surface area contributed by atoms with Gasteiger partial charge in [-0.1, -0.05) is 39.1 Å². The highest BCUT2D eigenvalue weighted by Gasteiger charge is 2.19. The Morgan fingerprint density at radius 1 is 1.57 bits per heavy atom. The summed E-state index contributed by atoms with van der Waals surface area (Å²) in [5, 5.41) is 10.7. The molecule has 76 valence electrons. The molecule has 0 aromatic heterocycles.